The van der Waals surface area contributed by atoms with Gasteiger partial charge in [0, 0.05) is 7.11 Å². The zero-order valence-corrected chi connectivity index (χ0v) is 9.80. The van der Waals surface area contributed by atoms with Gasteiger partial charge in [-0.2, -0.15) is 0 Å². The zero-order chi connectivity index (χ0) is 10.6. The van der Waals surface area contributed by atoms with Crippen molar-refractivity contribution in [1.29, 1.82) is 0 Å². The third-order valence-electron chi connectivity index (χ3n) is 3.29. The highest BCUT2D eigenvalue weighted by atomic mass is 16.7. The maximum atomic E-state index is 5.40. The molecule has 0 radical (unpaired) electrons. The van der Waals surface area contributed by atoms with Crippen molar-refractivity contribution in [2.45, 2.75) is 33.6 Å². The van der Waals surface area contributed by atoms with Gasteiger partial charge in [0.25, 0.3) is 0 Å². The molecule has 1 atom stereocenters. The van der Waals surface area contributed by atoms with Crippen LogP contribution in [0.15, 0.2) is 11.6 Å². The Labute approximate surface area is 87.3 Å². The molecule has 0 spiro atoms. The summed E-state index contributed by atoms with van der Waals surface area (Å²) < 4.78 is 10.3. The molecule has 1 aliphatic rings. The predicted octanol–water partition coefficient (Wildman–Crippen LogP) is 2.99. The average Bonchev–Trinajstić information content (AvgIpc) is 2.15. The summed E-state index contributed by atoms with van der Waals surface area (Å²) in [5, 5.41) is 0. The molecule has 2 heteroatoms. The van der Waals surface area contributed by atoms with E-state index in [9.17, 15) is 0 Å². The van der Waals surface area contributed by atoms with Crippen LogP contribution in [0.1, 0.15) is 33.6 Å². The molecule has 1 saturated carbocycles. The van der Waals surface area contributed by atoms with E-state index in [0.717, 1.165) is 13.0 Å². The number of methoxy groups -OCH3 is 1. The second-order valence-electron chi connectivity index (χ2n) is 4.54. The third-order valence-corrected chi connectivity index (χ3v) is 3.29. The van der Waals surface area contributed by atoms with Crippen LogP contribution in [0.2, 0.25) is 0 Å². The highest BCUT2D eigenvalue weighted by Gasteiger charge is 2.42. The number of allylic oxidation sites excluding steroid dienone is 2. The zero-order valence-electron chi connectivity index (χ0n) is 9.80. The molecule has 0 bridgehead atoms. The largest absolute Gasteiger partial charge is 0.359 e. The molecule has 1 unspecified atom stereocenters. The van der Waals surface area contributed by atoms with Gasteiger partial charge in [0.1, 0.15) is 6.79 Å². The topological polar surface area (TPSA) is 18.5 Å². The second kappa shape index (κ2) is 4.94. The monoisotopic (exact) mass is 198 g/mol. The summed E-state index contributed by atoms with van der Waals surface area (Å²) in [6.07, 6.45) is 4.70. The first-order valence-corrected chi connectivity index (χ1v) is 5.39. The quantitative estimate of drug-likeness (QED) is 0.384. The molecule has 0 aromatic rings. The first kappa shape index (κ1) is 11.7. The van der Waals surface area contributed by atoms with E-state index in [-0.39, 0.29) is 0 Å². The van der Waals surface area contributed by atoms with Crippen LogP contribution >= 0.6 is 0 Å². The first-order chi connectivity index (χ1) is 6.62. The summed E-state index contributed by atoms with van der Waals surface area (Å²) in [6.45, 7) is 8.04. The summed E-state index contributed by atoms with van der Waals surface area (Å²) in [7, 11) is 1.66. The van der Waals surface area contributed by atoms with Crippen LogP contribution in [-0.2, 0) is 9.47 Å². The molecule has 1 rings (SSSR count). The summed E-state index contributed by atoms with van der Waals surface area (Å²) >= 11 is 0. The molecule has 1 fully saturated rings. The van der Waals surface area contributed by atoms with Crippen LogP contribution < -0.4 is 0 Å². The van der Waals surface area contributed by atoms with Gasteiger partial charge >= 0.3 is 0 Å². The van der Waals surface area contributed by atoms with Crippen molar-refractivity contribution in [2.24, 2.45) is 11.3 Å². The van der Waals surface area contributed by atoms with Gasteiger partial charge in [0.05, 0.1) is 6.61 Å². The summed E-state index contributed by atoms with van der Waals surface area (Å²) in [6, 6.07) is 0. The smallest absolute Gasteiger partial charge is 0.146 e. The predicted molar refractivity (Wildman–Crippen MR) is 58.1 cm³/mol. The van der Waals surface area contributed by atoms with Crippen molar-refractivity contribution in [3.05, 3.63) is 11.6 Å². The van der Waals surface area contributed by atoms with E-state index in [4.69, 9.17) is 9.47 Å². The van der Waals surface area contributed by atoms with Gasteiger partial charge in [-0.1, -0.05) is 32.4 Å². The SMILES string of the molecule is CCC=C1CC(COCOC)C1(C)C. The standard InChI is InChI=1S/C12H22O2/c1-5-6-10-7-11(12(10,2)3)8-14-9-13-4/h6,11H,5,7-9H2,1-4H3. The molecule has 0 amide bonds. The van der Waals surface area contributed by atoms with Gasteiger partial charge in [-0.3, -0.25) is 0 Å². The summed E-state index contributed by atoms with van der Waals surface area (Å²) in [5.74, 6) is 0.662. The maximum absolute atomic E-state index is 5.40. The van der Waals surface area contributed by atoms with Crippen LogP contribution in [0.25, 0.3) is 0 Å². The Bertz CT molecular complexity index is 206. The van der Waals surface area contributed by atoms with Crippen molar-refractivity contribution < 1.29 is 9.47 Å². The lowest BCUT2D eigenvalue weighted by Crippen LogP contribution is -2.40. The Hall–Kier alpha value is -0.340. The van der Waals surface area contributed by atoms with Gasteiger partial charge in [0.15, 0.2) is 0 Å². The molecule has 2 nitrogen and oxygen atoms in total. The summed E-state index contributed by atoms with van der Waals surface area (Å²) in [4.78, 5) is 0. The highest BCUT2D eigenvalue weighted by molar-refractivity contribution is 5.24. The van der Waals surface area contributed by atoms with Gasteiger partial charge in [-0.25, -0.2) is 0 Å². The molecule has 0 aromatic heterocycles. The molecular formula is C12H22O2. The van der Waals surface area contributed by atoms with Crippen LogP contribution in [-0.4, -0.2) is 20.5 Å². The van der Waals surface area contributed by atoms with E-state index in [1.165, 1.54) is 6.42 Å². The van der Waals surface area contributed by atoms with Crippen molar-refractivity contribution in [3.63, 3.8) is 0 Å². The van der Waals surface area contributed by atoms with E-state index in [2.05, 4.69) is 26.8 Å². The Morgan fingerprint density at radius 2 is 2.21 bits per heavy atom. The number of ether oxygens (including phenoxy) is 2. The Morgan fingerprint density at radius 3 is 2.71 bits per heavy atom. The average molecular weight is 198 g/mol. The fraction of sp³-hybridized carbons (Fsp3) is 0.833. The van der Waals surface area contributed by atoms with E-state index in [1.54, 1.807) is 12.7 Å². The number of hydrogen-bond donors (Lipinski definition) is 0. The molecule has 14 heavy (non-hydrogen) atoms. The minimum absolute atomic E-state index is 0.337. The van der Waals surface area contributed by atoms with Crippen molar-refractivity contribution in [1.82, 2.24) is 0 Å². The van der Waals surface area contributed by atoms with Crippen molar-refractivity contribution in [2.75, 3.05) is 20.5 Å². The maximum Gasteiger partial charge on any atom is 0.146 e. The number of hydrogen-bond acceptors (Lipinski definition) is 2. The van der Waals surface area contributed by atoms with E-state index in [0.29, 0.717) is 18.1 Å². The van der Waals surface area contributed by atoms with Crippen LogP contribution in [0.4, 0.5) is 0 Å². The normalized spacial score (nSPS) is 27.7. The van der Waals surface area contributed by atoms with Gasteiger partial charge in [-0.05, 0) is 24.2 Å². The van der Waals surface area contributed by atoms with Gasteiger partial charge in [-0.15, -0.1) is 0 Å². The van der Waals surface area contributed by atoms with Crippen molar-refractivity contribution >= 4 is 0 Å². The van der Waals surface area contributed by atoms with Crippen LogP contribution in [0, 0.1) is 11.3 Å². The highest BCUT2D eigenvalue weighted by Crippen LogP contribution is 2.50. The second-order valence-corrected chi connectivity index (χ2v) is 4.54. The van der Waals surface area contributed by atoms with Gasteiger partial charge < -0.3 is 9.47 Å². The molecule has 0 heterocycles. The van der Waals surface area contributed by atoms with Crippen molar-refractivity contribution in [3.8, 4) is 0 Å². The Morgan fingerprint density at radius 1 is 1.50 bits per heavy atom. The molecule has 0 saturated heterocycles. The van der Waals surface area contributed by atoms with Gasteiger partial charge in [0.2, 0.25) is 0 Å². The molecular weight excluding hydrogens is 176 g/mol. The Balaban J connectivity index is 2.35. The third kappa shape index (κ3) is 2.37. The lowest BCUT2D eigenvalue weighted by Gasteiger charge is -2.47. The molecule has 0 aliphatic heterocycles. The lowest BCUT2D eigenvalue weighted by atomic mass is 9.59. The molecule has 82 valence electrons. The van der Waals surface area contributed by atoms with Crippen LogP contribution in [0.3, 0.4) is 0 Å². The lowest BCUT2D eigenvalue weighted by molar-refractivity contribution is -0.0661. The minimum atomic E-state index is 0.337. The summed E-state index contributed by atoms with van der Waals surface area (Å²) in [5.41, 5.74) is 1.93. The Kier molecular flexibility index (Phi) is 4.14. The molecule has 0 aromatic carbocycles. The first-order valence-electron chi connectivity index (χ1n) is 5.39. The van der Waals surface area contributed by atoms with E-state index < -0.39 is 0 Å². The molecule has 0 N–H and O–H groups in total. The fourth-order valence-electron chi connectivity index (χ4n) is 2.05. The number of rotatable bonds is 5. The minimum Gasteiger partial charge on any atom is -0.359 e. The molecule has 1 aliphatic carbocycles. The van der Waals surface area contributed by atoms with E-state index in [1.807, 2.05) is 0 Å². The fourth-order valence-corrected chi connectivity index (χ4v) is 2.05. The van der Waals surface area contributed by atoms with E-state index >= 15 is 0 Å². The van der Waals surface area contributed by atoms with Crippen LogP contribution in [0.5, 0.6) is 0 Å².